The van der Waals surface area contributed by atoms with E-state index in [2.05, 4.69) is 14.7 Å². The first kappa shape index (κ1) is 16.2. The fourth-order valence-corrected chi connectivity index (χ4v) is 1.80. The van der Waals surface area contributed by atoms with E-state index in [4.69, 9.17) is 0 Å². The Morgan fingerprint density at radius 3 is 2.43 bits per heavy atom. The Labute approximate surface area is 124 Å². The largest absolute Gasteiger partial charge is 0.504 e. The van der Waals surface area contributed by atoms with Crippen molar-refractivity contribution in [1.29, 1.82) is 0 Å². The summed E-state index contributed by atoms with van der Waals surface area (Å²) in [6, 6.07) is 0.629. The van der Waals surface area contributed by atoms with Gasteiger partial charge in [0.1, 0.15) is 5.56 Å². The van der Waals surface area contributed by atoms with Crippen LogP contribution in [0.4, 0.5) is 18.9 Å². The van der Waals surface area contributed by atoms with E-state index in [1.807, 2.05) is 0 Å². The lowest BCUT2D eigenvalue weighted by Gasteiger charge is -2.07. The van der Waals surface area contributed by atoms with Crippen LogP contribution in [0.25, 0.3) is 11.4 Å². The van der Waals surface area contributed by atoms with Crippen molar-refractivity contribution in [3.63, 3.8) is 0 Å². The highest BCUT2D eigenvalue weighted by molar-refractivity contribution is 6.05. The van der Waals surface area contributed by atoms with Crippen LogP contribution in [0.1, 0.15) is 23.2 Å². The number of Topliss-reactive ketones (excluding diaryl/α,β-unsaturated/α-hetero) is 1. The third-order valence-corrected chi connectivity index (χ3v) is 2.70. The molecule has 0 atom stereocenters. The van der Waals surface area contributed by atoms with Gasteiger partial charge in [-0.05, 0) is 13.0 Å². The summed E-state index contributed by atoms with van der Waals surface area (Å²) in [5.41, 5.74) is -2.52. The average Bonchev–Trinajstić information content (AvgIpc) is 2.89. The van der Waals surface area contributed by atoms with Gasteiger partial charge in [0.2, 0.25) is 11.6 Å². The van der Waals surface area contributed by atoms with E-state index in [9.17, 15) is 38.3 Å². The molecule has 0 fully saturated rings. The quantitative estimate of drug-likeness (QED) is 0.377. The van der Waals surface area contributed by atoms with Gasteiger partial charge in [-0.1, -0.05) is 5.16 Å². The fraction of sp³-hybridized carbons (Fsp3) is 0.182. The van der Waals surface area contributed by atoms with E-state index in [1.54, 1.807) is 0 Å². The monoisotopic (exact) mass is 333 g/mol. The molecule has 9 nitrogen and oxygen atoms in total. The first-order chi connectivity index (χ1) is 10.5. The lowest BCUT2D eigenvalue weighted by molar-refractivity contribution is -0.386. The summed E-state index contributed by atoms with van der Waals surface area (Å²) in [5.74, 6) is -5.74. The highest BCUT2D eigenvalue weighted by Crippen LogP contribution is 2.43. The van der Waals surface area contributed by atoms with Gasteiger partial charge in [-0.2, -0.15) is 18.2 Å². The molecule has 0 aliphatic heterocycles. The van der Waals surface area contributed by atoms with Crippen LogP contribution in [-0.4, -0.2) is 31.1 Å². The van der Waals surface area contributed by atoms with Gasteiger partial charge in [0.25, 0.3) is 0 Å². The summed E-state index contributed by atoms with van der Waals surface area (Å²) in [6.45, 7) is 0.882. The maximum Gasteiger partial charge on any atom is 0.471 e. The number of halogens is 3. The molecule has 1 aromatic carbocycles. The molecule has 2 rings (SSSR count). The van der Waals surface area contributed by atoms with Gasteiger partial charge in [0.15, 0.2) is 11.5 Å². The number of nitro benzene ring substituents is 1. The number of rotatable bonds is 3. The van der Waals surface area contributed by atoms with Crippen LogP contribution in [0.2, 0.25) is 0 Å². The topological polar surface area (TPSA) is 140 Å². The van der Waals surface area contributed by atoms with Crippen LogP contribution in [0.15, 0.2) is 10.6 Å². The molecule has 1 heterocycles. The number of aromatic hydroxyl groups is 2. The van der Waals surface area contributed by atoms with Gasteiger partial charge in [0, 0.05) is 5.56 Å². The minimum atomic E-state index is -4.97. The number of aromatic nitrogens is 2. The van der Waals surface area contributed by atoms with Crippen molar-refractivity contribution >= 4 is 11.5 Å². The van der Waals surface area contributed by atoms with E-state index < -0.39 is 56.9 Å². The van der Waals surface area contributed by atoms with E-state index in [-0.39, 0.29) is 0 Å². The molecule has 0 saturated carbocycles. The van der Waals surface area contributed by atoms with Crippen molar-refractivity contribution in [2.24, 2.45) is 0 Å². The van der Waals surface area contributed by atoms with Crippen LogP contribution in [0, 0.1) is 10.1 Å². The molecule has 0 aliphatic rings. The number of ketones is 1. The molecule has 0 saturated heterocycles. The number of phenols is 2. The zero-order chi connectivity index (χ0) is 17.5. The number of nitrogens with zero attached hydrogens (tertiary/aromatic N) is 3. The molecule has 0 bridgehead atoms. The standard InChI is InChI=1S/C11H6F3N3O6/c1-3(18)6-4(2-5(19)8(20)7(6)17(21)22)9-15-10(23-16-9)11(12,13)14/h2,19-20H,1H3. The molecule has 2 aromatic rings. The second-order valence-electron chi connectivity index (χ2n) is 4.25. The average molecular weight is 333 g/mol. The first-order valence-corrected chi connectivity index (χ1v) is 5.69. The lowest BCUT2D eigenvalue weighted by atomic mass is 10.00. The Bertz CT molecular complexity index is 814. The van der Waals surface area contributed by atoms with Crippen LogP contribution >= 0.6 is 0 Å². The van der Waals surface area contributed by atoms with Gasteiger partial charge in [0.05, 0.1) is 4.92 Å². The Hall–Kier alpha value is -3.18. The minimum Gasteiger partial charge on any atom is -0.504 e. The molecule has 1 aromatic heterocycles. The SMILES string of the molecule is CC(=O)c1c(-c2noc(C(F)(F)F)n2)cc(O)c(O)c1[N+](=O)[O-]. The summed E-state index contributed by atoms with van der Waals surface area (Å²) in [4.78, 5) is 24.4. The van der Waals surface area contributed by atoms with Crippen molar-refractivity contribution in [1.82, 2.24) is 10.1 Å². The molecule has 0 aliphatic carbocycles. The minimum absolute atomic E-state index is 0.584. The Balaban J connectivity index is 2.79. The summed E-state index contributed by atoms with van der Waals surface area (Å²) in [6.07, 6.45) is -4.97. The molecule has 12 heteroatoms. The van der Waals surface area contributed by atoms with E-state index >= 15 is 0 Å². The van der Waals surface area contributed by atoms with E-state index in [1.165, 1.54) is 0 Å². The predicted molar refractivity (Wildman–Crippen MR) is 64.7 cm³/mol. The van der Waals surface area contributed by atoms with Crippen molar-refractivity contribution in [2.75, 3.05) is 0 Å². The number of phenolic OH excluding ortho intramolecular Hbond substituents is 2. The lowest BCUT2D eigenvalue weighted by Crippen LogP contribution is -2.06. The van der Waals surface area contributed by atoms with Crippen LogP contribution < -0.4 is 0 Å². The van der Waals surface area contributed by atoms with Crippen molar-refractivity contribution < 1.29 is 37.6 Å². The second kappa shape index (κ2) is 5.23. The van der Waals surface area contributed by atoms with Gasteiger partial charge < -0.3 is 14.7 Å². The molecular weight excluding hydrogens is 327 g/mol. The third-order valence-electron chi connectivity index (χ3n) is 2.70. The normalized spacial score (nSPS) is 11.5. The van der Waals surface area contributed by atoms with Crippen molar-refractivity contribution in [2.45, 2.75) is 13.1 Å². The fourth-order valence-electron chi connectivity index (χ4n) is 1.80. The molecule has 23 heavy (non-hydrogen) atoms. The third kappa shape index (κ3) is 2.77. The first-order valence-electron chi connectivity index (χ1n) is 5.69. The summed E-state index contributed by atoms with van der Waals surface area (Å²) in [7, 11) is 0. The molecule has 0 unspecified atom stereocenters. The Morgan fingerprint density at radius 1 is 1.39 bits per heavy atom. The number of carbonyl (C=O) groups excluding carboxylic acids is 1. The van der Waals surface area contributed by atoms with Crippen LogP contribution in [-0.2, 0) is 6.18 Å². The van der Waals surface area contributed by atoms with Gasteiger partial charge in [-0.3, -0.25) is 14.9 Å². The summed E-state index contributed by atoms with van der Waals surface area (Å²) < 4.78 is 41.4. The molecular formula is C11H6F3N3O6. The maximum absolute atomic E-state index is 12.5. The maximum atomic E-state index is 12.5. The van der Waals surface area contributed by atoms with Gasteiger partial charge in [-0.15, -0.1) is 0 Å². The van der Waals surface area contributed by atoms with Crippen LogP contribution in [0.5, 0.6) is 11.5 Å². The zero-order valence-corrected chi connectivity index (χ0v) is 11.1. The van der Waals surface area contributed by atoms with Crippen LogP contribution in [0.3, 0.4) is 0 Å². The van der Waals surface area contributed by atoms with Crippen molar-refractivity contribution in [3.8, 4) is 22.9 Å². The summed E-state index contributed by atoms with van der Waals surface area (Å²) >= 11 is 0. The highest BCUT2D eigenvalue weighted by Gasteiger charge is 2.39. The molecule has 2 N–H and O–H groups in total. The highest BCUT2D eigenvalue weighted by atomic mass is 19.4. The number of alkyl halides is 3. The number of carbonyl (C=O) groups is 1. The van der Waals surface area contributed by atoms with Gasteiger partial charge in [-0.25, -0.2) is 0 Å². The van der Waals surface area contributed by atoms with E-state index in [0.29, 0.717) is 6.07 Å². The van der Waals surface area contributed by atoms with E-state index in [0.717, 1.165) is 6.92 Å². The molecule has 0 radical (unpaired) electrons. The molecule has 0 spiro atoms. The number of hydrogen-bond acceptors (Lipinski definition) is 8. The number of nitro groups is 1. The zero-order valence-electron chi connectivity index (χ0n) is 11.1. The Morgan fingerprint density at radius 2 is 2.00 bits per heavy atom. The predicted octanol–water partition coefficient (Wildman–Crippen LogP) is 2.28. The number of benzene rings is 1. The summed E-state index contributed by atoms with van der Waals surface area (Å²) in [5, 5.41) is 33.0. The Kier molecular flexibility index (Phi) is 3.68. The van der Waals surface area contributed by atoms with Gasteiger partial charge >= 0.3 is 17.8 Å². The smallest absolute Gasteiger partial charge is 0.471 e. The second-order valence-corrected chi connectivity index (χ2v) is 4.25. The van der Waals surface area contributed by atoms with Crippen molar-refractivity contribution in [3.05, 3.63) is 27.6 Å². The molecule has 122 valence electrons. The number of hydrogen-bond donors (Lipinski definition) is 2. The molecule has 0 amide bonds.